The summed E-state index contributed by atoms with van der Waals surface area (Å²) < 4.78 is 32.0. The molecule has 2 aromatic heterocycles. The molecular weight excluding hydrogens is 707 g/mol. The summed E-state index contributed by atoms with van der Waals surface area (Å²) in [6, 6.07) is 62.9. The van der Waals surface area contributed by atoms with Crippen molar-refractivity contribution < 1.29 is 8.78 Å². The van der Waals surface area contributed by atoms with Gasteiger partial charge in [0.1, 0.15) is 11.6 Å². The SMILES string of the molecule is Fc1ccc(-c2ccc(-n3c4cc(-c5ccccc5)ccc4c4ccc(-c5ccccc5)cc43)c(-c3nc(-c4ccccc4)nc(-c4ccccc4)n3)c2)c(F)c1. The Kier molecular flexibility index (Phi) is 8.49. The molecule has 2 heterocycles. The Hall–Kier alpha value is -7.57. The first-order valence-electron chi connectivity index (χ1n) is 18.7. The zero-order valence-electron chi connectivity index (χ0n) is 30.5. The summed E-state index contributed by atoms with van der Waals surface area (Å²) in [5.41, 5.74) is 10.2. The number of benzene rings is 8. The Bertz CT molecular complexity index is 2920. The molecule has 0 atom stereocenters. The van der Waals surface area contributed by atoms with Gasteiger partial charge in [-0.25, -0.2) is 23.7 Å². The van der Waals surface area contributed by atoms with Crippen LogP contribution in [0.1, 0.15) is 0 Å². The van der Waals surface area contributed by atoms with E-state index in [0.29, 0.717) is 28.6 Å². The Morgan fingerprint density at radius 3 is 1.28 bits per heavy atom. The molecule has 0 unspecified atom stereocenters. The Balaban J connectivity index is 1.31. The van der Waals surface area contributed by atoms with E-state index < -0.39 is 11.6 Å². The summed E-state index contributed by atoms with van der Waals surface area (Å²) in [6.45, 7) is 0. The molecule has 0 spiro atoms. The number of aromatic nitrogens is 4. The lowest BCUT2D eigenvalue weighted by atomic mass is 10.00. The highest BCUT2D eigenvalue weighted by Crippen LogP contribution is 2.41. The second-order valence-electron chi connectivity index (χ2n) is 13.9. The predicted molar refractivity (Wildman–Crippen MR) is 227 cm³/mol. The van der Waals surface area contributed by atoms with Crippen LogP contribution in [0.3, 0.4) is 0 Å². The summed E-state index contributed by atoms with van der Waals surface area (Å²) in [7, 11) is 0. The van der Waals surface area contributed by atoms with Crippen LogP contribution in [0.4, 0.5) is 8.78 Å². The highest BCUT2D eigenvalue weighted by molar-refractivity contribution is 6.11. The molecule has 57 heavy (non-hydrogen) atoms. The normalized spacial score (nSPS) is 11.3. The molecule has 0 bridgehead atoms. The van der Waals surface area contributed by atoms with Crippen molar-refractivity contribution >= 4 is 21.8 Å². The van der Waals surface area contributed by atoms with E-state index in [1.54, 1.807) is 0 Å². The number of fused-ring (bicyclic) bond motifs is 3. The van der Waals surface area contributed by atoms with Gasteiger partial charge >= 0.3 is 0 Å². The minimum absolute atomic E-state index is 0.268. The molecule has 0 fully saturated rings. The van der Waals surface area contributed by atoms with Crippen LogP contribution in [-0.2, 0) is 0 Å². The van der Waals surface area contributed by atoms with Crippen LogP contribution in [0.2, 0.25) is 0 Å². The fourth-order valence-corrected chi connectivity index (χ4v) is 7.63. The highest BCUT2D eigenvalue weighted by Gasteiger charge is 2.22. The quantitative estimate of drug-likeness (QED) is 0.164. The van der Waals surface area contributed by atoms with Gasteiger partial charge in [-0.1, -0.05) is 152 Å². The number of halogens is 2. The van der Waals surface area contributed by atoms with Gasteiger partial charge in [-0.15, -0.1) is 0 Å². The molecule has 6 heteroatoms. The maximum Gasteiger partial charge on any atom is 0.166 e. The molecule has 0 N–H and O–H groups in total. The van der Waals surface area contributed by atoms with Crippen LogP contribution in [0.5, 0.6) is 0 Å². The van der Waals surface area contributed by atoms with Gasteiger partial charge in [0.25, 0.3) is 0 Å². The Morgan fingerprint density at radius 1 is 0.333 bits per heavy atom. The molecule has 4 nitrogen and oxygen atoms in total. The zero-order valence-corrected chi connectivity index (χ0v) is 30.5. The molecular formula is C51H32F2N4. The standard InChI is InChI=1S/C51H32F2N4/c52-40-24-27-41(45(53)32-40)39-23-28-46(44(29-39)51-55-49(35-17-9-3-10-18-35)54-50(56-51)36-19-11-4-12-20-36)57-47-30-37(33-13-5-1-6-14-33)21-25-42(47)43-26-22-38(31-48(43)57)34-15-7-2-8-16-34/h1-32H. The number of hydrogen-bond acceptors (Lipinski definition) is 3. The first kappa shape index (κ1) is 34.0. The second kappa shape index (κ2) is 14.3. The summed E-state index contributed by atoms with van der Waals surface area (Å²) in [4.78, 5) is 15.2. The molecule has 270 valence electrons. The minimum Gasteiger partial charge on any atom is -0.308 e. The maximum atomic E-state index is 15.6. The van der Waals surface area contributed by atoms with E-state index in [2.05, 4.69) is 65.2 Å². The van der Waals surface area contributed by atoms with Crippen LogP contribution in [0.25, 0.3) is 95.0 Å². The van der Waals surface area contributed by atoms with E-state index >= 15 is 4.39 Å². The molecule has 8 aromatic carbocycles. The molecule has 0 saturated carbocycles. The van der Waals surface area contributed by atoms with Crippen molar-refractivity contribution in [1.29, 1.82) is 0 Å². The number of rotatable bonds is 7. The van der Waals surface area contributed by atoms with Gasteiger partial charge in [0.05, 0.1) is 16.7 Å². The molecule has 0 radical (unpaired) electrons. The van der Waals surface area contributed by atoms with E-state index in [4.69, 9.17) is 15.0 Å². The average molecular weight is 739 g/mol. The second-order valence-corrected chi connectivity index (χ2v) is 13.9. The van der Waals surface area contributed by atoms with E-state index in [-0.39, 0.29) is 5.56 Å². The Labute approximate surface area is 328 Å². The first-order chi connectivity index (χ1) is 28.1. The lowest BCUT2D eigenvalue weighted by molar-refractivity contribution is 0.585. The molecule has 0 amide bonds. The van der Waals surface area contributed by atoms with Crippen molar-refractivity contribution in [2.24, 2.45) is 0 Å². The third-order valence-electron chi connectivity index (χ3n) is 10.4. The molecule has 0 aliphatic heterocycles. The molecule has 0 aliphatic rings. The molecule has 0 saturated heterocycles. The molecule has 10 aromatic rings. The van der Waals surface area contributed by atoms with Gasteiger partial charge in [-0.2, -0.15) is 0 Å². The summed E-state index contributed by atoms with van der Waals surface area (Å²) in [5.74, 6) is 0.124. The number of nitrogens with zero attached hydrogens (tertiary/aromatic N) is 4. The molecule has 0 aliphatic carbocycles. The van der Waals surface area contributed by atoms with Crippen LogP contribution in [-0.4, -0.2) is 19.5 Å². The van der Waals surface area contributed by atoms with Crippen LogP contribution >= 0.6 is 0 Å². The van der Waals surface area contributed by atoms with E-state index in [1.165, 1.54) is 12.1 Å². The van der Waals surface area contributed by atoms with Crippen molar-refractivity contribution in [3.05, 3.63) is 206 Å². The van der Waals surface area contributed by atoms with Crippen LogP contribution < -0.4 is 0 Å². The summed E-state index contributed by atoms with van der Waals surface area (Å²) in [6.07, 6.45) is 0. The van der Waals surface area contributed by atoms with E-state index in [1.807, 2.05) is 115 Å². The minimum atomic E-state index is -0.656. The van der Waals surface area contributed by atoms with Crippen molar-refractivity contribution in [3.8, 4) is 73.2 Å². The van der Waals surface area contributed by atoms with Gasteiger partial charge in [0, 0.05) is 39.1 Å². The Morgan fingerprint density at radius 2 is 0.789 bits per heavy atom. The highest BCUT2D eigenvalue weighted by atomic mass is 19.1. The van der Waals surface area contributed by atoms with E-state index in [0.717, 1.165) is 66.9 Å². The van der Waals surface area contributed by atoms with Gasteiger partial charge in [-0.05, 0) is 64.2 Å². The summed E-state index contributed by atoms with van der Waals surface area (Å²) in [5, 5.41) is 2.16. The third kappa shape index (κ3) is 6.33. The van der Waals surface area contributed by atoms with Crippen LogP contribution in [0.15, 0.2) is 194 Å². The van der Waals surface area contributed by atoms with Crippen LogP contribution in [0, 0.1) is 11.6 Å². The van der Waals surface area contributed by atoms with Gasteiger partial charge in [-0.3, -0.25) is 0 Å². The largest absolute Gasteiger partial charge is 0.308 e. The number of hydrogen-bond donors (Lipinski definition) is 0. The maximum absolute atomic E-state index is 15.6. The lowest BCUT2D eigenvalue weighted by Gasteiger charge is -2.17. The average Bonchev–Trinajstić information content (AvgIpc) is 3.60. The van der Waals surface area contributed by atoms with Crippen molar-refractivity contribution in [1.82, 2.24) is 19.5 Å². The summed E-state index contributed by atoms with van der Waals surface area (Å²) >= 11 is 0. The van der Waals surface area contributed by atoms with Gasteiger partial charge in [0.15, 0.2) is 17.5 Å². The van der Waals surface area contributed by atoms with Crippen molar-refractivity contribution in [3.63, 3.8) is 0 Å². The van der Waals surface area contributed by atoms with Crippen molar-refractivity contribution in [2.75, 3.05) is 0 Å². The first-order valence-corrected chi connectivity index (χ1v) is 18.7. The van der Waals surface area contributed by atoms with Crippen molar-refractivity contribution in [2.45, 2.75) is 0 Å². The fraction of sp³-hybridized carbons (Fsp3) is 0. The lowest BCUT2D eigenvalue weighted by Crippen LogP contribution is -2.04. The zero-order chi connectivity index (χ0) is 38.3. The van der Waals surface area contributed by atoms with E-state index in [9.17, 15) is 4.39 Å². The monoisotopic (exact) mass is 738 g/mol. The topological polar surface area (TPSA) is 43.6 Å². The fourth-order valence-electron chi connectivity index (χ4n) is 7.63. The smallest absolute Gasteiger partial charge is 0.166 e. The predicted octanol–water partition coefficient (Wildman–Crippen LogP) is 13.2. The molecule has 10 rings (SSSR count). The van der Waals surface area contributed by atoms with Gasteiger partial charge < -0.3 is 4.57 Å². The van der Waals surface area contributed by atoms with Gasteiger partial charge in [0.2, 0.25) is 0 Å². The third-order valence-corrected chi connectivity index (χ3v) is 10.4.